The molecule has 5 N–H and O–H groups in total. The van der Waals surface area contributed by atoms with Gasteiger partial charge in [-0.25, -0.2) is 0 Å². The molecule has 1 fully saturated rings. The molecule has 2 aliphatic rings. The van der Waals surface area contributed by atoms with E-state index < -0.39 is 37.3 Å². The maximum atomic E-state index is 11.2. The number of aromatic hydroxyl groups is 1. The van der Waals surface area contributed by atoms with E-state index in [2.05, 4.69) is 26.2 Å². The third kappa shape index (κ3) is 5.73. The van der Waals surface area contributed by atoms with Crippen LogP contribution in [0.2, 0.25) is 0 Å². The molecule has 0 bridgehead atoms. The first-order valence-corrected chi connectivity index (χ1v) is 11.9. The fourth-order valence-corrected chi connectivity index (χ4v) is 4.94. The number of unbranched alkanes of at least 4 members (excludes halogenated alkanes) is 1. The Bertz CT molecular complexity index is 908. The number of hydrogen-bond donors (Lipinski definition) is 5. The number of aliphatic hydroxyl groups excluding tert-OH is 4. The molecule has 0 amide bonds. The Morgan fingerprint density at radius 2 is 1.97 bits per heavy atom. The summed E-state index contributed by atoms with van der Waals surface area (Å²) in [6, 6.07) is 3.59. The minimum Gasteiger partial charge on any atom is -0.507 e. The first-order chi connectivity index (χ1) is 16.2. The summed E-state index contributed by atoms with van der Waals surface area (Å²) in [6.07, 6.45) is 2.28. The molecule has 7 nitrogen and oxygen atoms in total. The van der Waals surface area contributed by atoms with E-state index in [4.69, 9.17) is 9.47 Å². The standard InChI is InChI=1S/C27H38O7/c1-5-6-7-8-17-12-21(29)23(19-11-16(4)9-10-18(19)15(2)3)22(13-17)33-27-20(14-28)24(30)25(31)26(32)34-27/h5,11-13,18-20,24-32H,1-2,6-10,14H2,3-4H3/t18-,19+,20+,24+,25-,26-,27?/m0/s1. The Hall–Kier alpha value is -2.16. The molecule has 7 atom stereocenters. The SMILES string of the molecule is C=CCCCc1cc(O)c([C@@H]2C=C(C)CC[C@H]2C(=C)C)c(OC2O[C@H](O)[C@@H](O)[C@H](O)[C@H]2CO)c1. The van der Waals surface area contributed by atoms with Gasteiger partial charge in [-0.15, -0.1) is 6.58 Å². The van der Waals surface area contributed by atoms with E-state index in [1.54, 1.807) is 6.07 Å². The molecule has 0 saturated carbocycles. The first-order valence-electron chi connectivity index (χ1n) is 11.9. The molecule has 0 aromatic heterocycles. The summed E-state index contributed by atoms with van der Waals surface area (Å²) in [4.78, 5) is 0. The largest absolute Gasteiger partial charge is 0.507 e. The number of hydrogen-bond acceptors (Lipinski definition) is 7. The molecule has 0 radical (unpaired) electrons. The van der Waals surface area contributed by atoms with Gasteiger partial charge in [0.25, 0.3) is 0 Å². The predicted molar refractivity (Wildman–Crippen MR) is 129 cm³/mol. The van der Waals surface area contributed by atoms with Crippen molar-refractivity contribution in [3.63, 3.8) is 0 Å². The lowest BCUT2D eigenvalue weighted by molar-refractivity contribution is -0.312. The molecule has 188 valence electrons. The van der Waals surface area contributed by atoms with Crippen molar-refractivity contribution in [2.45, 2.75) is 76.7 Å². The van der Waals surface area contributed by atoms with Gasteiger partial charge in [-0.3, -0.25) is 0 Å². The molecule has 1 heterocycles. The third-order valence-electron chi connectivity index (χ3n) is 6.93. The Balaban J connectivity index is 2.06. The van der Waals surface area contributed by atoms with E-state index >= 15 is 0 Å². The van der Waals surface area contributed by atoms with Gasteiger partial charge in [-0.2, -0.15) is 0 Å². The number of aliphatic hydroxyl groups is 4. The van der Waals surface area contributed by atoms with Crippen LogP contribution < -0.4 is 4.74 Å². The van der Waals surface area contributed by atoms with Crippen molar-refractivity contribution in [2.75, 3.05) is 6.61 Å². The van der Waals surface area contributed by atoms with Gasteiger partial charge in [0.05, 0.1) is 18.6 Å². The second-order valence-corrected chi connectivity index (χ2v) is 9.58. The van der Waals surface area contributed by atoms with E-state index in [0.29, 0.717) is 17.7 Å². The van der Waals surface area contributed by atoms with E-state index in [1.807, 2.05) is 19.1 Å². The average Bonchev–Trinajstić information content (AvgIpc) is 2.77. The van der Waals surface area contributed by atoms with Gasteiger partial charge in [-0.05, 0) is 69.6 Å². The lowest BCUT2D eigenvalue weighted by atomic mass is 9.73. The molecular weight excluding hydrogens is 436 g/mol. The van der Waals surface area contributed by atoms with Crippen LogP contribution in [0.5, 0.6) is 11.5 Å². The van der Waals surface area contributed by atoms with Crippen molar-refractivity contribution in [1.29, 1.82) is 0 Å². The smallest absolute Gasteiger partial charge is 0.210 e. The second-order valence-electron chi connectivity index (χ2n) is 9.58. The zero-order valence-electron chi connectivity index (χ0n) is 20.1. The summed E-state index contributed by atoms with van der Waals surface area (Å²) in [6.45, 7) is 11.4. The van der Waals surface area contributed by atoms with Crippen LogP contribution in [0, 0.1) is 11.8 Å². The van der Waals surface area contributed by atoms with Crippen LogP contribution in [0.1, 0.15) is 56.6 Å². The van der Waals surface area contributed by atoms with E-state index in [1.165, 1.54) is 5.57 Å². The summed E-state index contributed by atoms with van der Waals surface area (Å²) < 4.78 is 11.6. The minimum atomic E-state index is -1.67. The zero-order valence-corrected chi connectivity index (χ0v) is 20.1. The maximum Gasteiger partial charge on any atom is 0.210 e. The number of ether oxygens (including phenoxy) is 2. The number of phenolic OH excluding ortho intramolecular Hbond substituents is 1. The lowest BCUT2D eigenvalue weighted by Gasteiger charge is -2.40. The third-order valence-corrected chi connectivity index (χ3v) is 6.93. The van der Waals surface area contributed by atoms with Crippen LogP contribution in [-0.2, 0) is 11.2 Å². The highest BCUT2D eigenvalue weighted by molar-refractivity contribution is 5.52. The number of aryl methyl sites for hydroxylation is 1. The highest BCUT2D eigenvalue weighted by atomic mass is 16.7. The Labute approximate surface area is 201 Å². The van der Waals surface area contributed by atoms with Gasteiger partial charge in [-0.1, -0.05) is 29.9 Å². The fraction of sp³-hybridized carbons (Fsp3) is 0.556. The molecule has 7 heteroatoms. The maximum absolute atomic E-state index is 11.2. The summed E-state index contributed by atoms with van der Waals surface area (Å²) in [5.41, 5.74) is 3.65. The summed E-state index contributed by atoms with van der Waals surface area (Å²) in [7, 11) is 0. The van der Waals surface area contributed by atoms with Crippen LogP contribution in [-0.4, -0.2) is 56.9 Å². The highest BCUT2D eigenvalue weighted by Gasteiger charge is 2.45. The van der Waals surface area contributed by atoms with Crippen molar-refractivity contribution >= 4 is 0 Å². The zero-order chi connectivity index (χ0) is 25.0. The topological polar surface area (TPSA) is 120 Å². The van der Waals surface area contributed by atoms with Crippen molar-refractivity contribution < 1.29 is 35.0 Å². The number of allylic oxidation sites excluding steroid dienone is 4. The first kappa shape index (κ1) is 26.4. The fourth-order valence-electron chi connectivity index (χ4n) is 4.94. The van der Waals surface area contributed by atoms with Crippen LogP contribution in [0.25, 0.3) is 0 Å². The van der Waals surface area contributed by atoms with Crippen LogP contribution in [0.3, 0.4) is 0 Å². The quantitative estimate of drug-likeness (QED) is 0.275. The van der Waals surface area contributed by atoms with Gasteiger partial charge in [0, 0.05) is 11.5 Å². The van der Waals surface area contributed by atoms with Crippen molar-refractivity contribution in [3.8, 4) is 11.5 Å². The monoisotopic (exact) mass is 474 g/mol. The molecule has 1 aromatic rings. The van der Waals surface area contributed by atoms with Gasteiger partial charge in [0.15, 0.2) is 6.29 Å². The lowest BCUT2D eigenvalue weighted by Crippen LogP contribution is -2.57. The molecule has 0 spiro atoms. The number of phenols is 1. The molecule has 3 rings (SSSR count). The van der Waals surface area contributed by atoms with Crippen molar-refractivity contribution in [1.82, 2.24) is 0 Å². The van der Waals surface area contributed by atoms with Crippen molar-refractivity contribution in [2.24, 2.45) is 11.8 Å². The van der Waals surface area contributed by atoms with Gasteiger partial charge in [0.1, 0.15) is 17.6 Å². The van der Waals surface area contributed by atoms with Gasteiger partial charge < -0.3 is 35.0 Å². The normalized spacial score (nSPS) is 31.6. The van der Waals surface area contributed by atoms with Crippen LogP contribution in [0.4, 0.5) is 0 Å². The van der Waals surface area contributed by atoms with E-state index in [-0.39, 0.29) is 17.6 Å². The Kier molecular flexibility index (Phi) is 8.95. The molecular formula is C27H38O7. The molecule has 1 unspecified atom stereocenters. The predicted octanol–water partition coefficient (Wildman–Crippen LogP) is 3.30. The average molecular weight is 475 g/mol. The second kappa shape index (κ2) is 11.5. The van der Waals surface area contributed by atoms with Crippen LogP contribution in [0.15, 0.2) is 48.6 Å². The molecule has 1 aliphatic carbocycles. The number of rotatable bonds is 9. The van der Waals surface area contributed by atoms with Crippen molar-refractivity contribution in [3.05, 3.63) is 59.7 Å². The summed E-state index contributed by atoms with van der Waals surface area (Å²) in [5.74, 6) is -0.623. The summed E-state index contributed by atoms with van der Waals surface area (Å²) >= 11 is 0. The van der Waals surface area contributed by atoms with E-state index in [0.717, 1.165) is 36.8 Å². The molecule has 34 heavy (non-hydrogen) atoms. The highest BCUT2D eigenvalue weighted by Crippen LogP contribution is 2.47. The van der Waals surface area contributed by atoms with Gasteiger partial charge >= 0.3 is 0 Å². The molecule has 1 saturated heterocycles. The van der Waals surface area contributed by atoms with Gasteiger partial charge in [0.2, 0.25) is 6.29 Å². The van der Waals surface area contributed by atoms with Crippen LogP contribution >= 0.6 is 0 Å². The minimum absolute atomic E-state index is 0.0887. The molecule has 1 aliphatic heterocycles. The Morgan fingerprint density at radius 3 is 2.62 bits per heavy atom. The summed E-state index contributed by atoms with van der Waals surface area (Å²) in [5, 5.41) is 51.4. The number of benzene rings is 1. The Morgan fingerprint density at radius 1 is 1.24 bits per heavy atom. The van der Waals surface area contributed by atoms with E-state index in [9.17, 15) is 25.5 Å². The molecule has 1 aromatic carbocycles.